The van der Waals surface area contributed by atoms with Gasteiger partial charge in [-0.3, -0.25) is 4.90 Å². The predicted octanol–water partition coefficient (Wildman–Crippen LogP) is 3.42. The highest BCUT2D eigenvalue weighted by Gasteiger charge is 2.58. The van der Waals surface area contributed by atoms with Crippen molar-refractivity contribution in [2.75, 3.05) is 19.7 Å². The third-order valence-corrected chi connectivity index (χ3v) is 5.50. The first-order valence-corrected chi connectivity index (χ1v) is 8.46. The summed E-state index contributed by atoms with van der Waals surface area (Å²) in [4.78, 5) is 2.59. The van der Waals surface area contributed by atoms with Crippen molar-refractivity contribution in [2.24, 2.45) is 11.1 Å². The maximum atomic E-state index is 6.74. The second-order valence-electron chi connectivity index (χ2n) is 7.11. The standard InChI is InChI=1S/C17H36N2O/c1-7-10-11-19(14(4)8-2)13-17(18)12-15(20-9-3)16(17,5)6/h14-15H,7-13,18H2,1-6H3. The number of rotatable bonds is 9. The summed E-state index contributed by atoms with van der Waals surface area (Å²) in [5.74, 6) is 0. The highest BCUT2D eigenvalue weighted by Crippen LogP contribution is 2.50. The predicted molar refractivity (Wildman–Crippen MR) is 87.0 cm³/mol. The van der Waals surface area contributed by atoms with E-state index < -0.39 is 0 Å². The number of hydrogen-bond acceptors (Lipinski definition) is 3. The number of nitrogens with zero attached hydrogens (tertiary/aromatic N) is 1. The molecule has 3 nitrogen and oxygen atoms in total. The van der Waals surface area contributed by atoms with Crippen LogP contribution in [0.4, 0.5) is 0 Å². The van der Waals surface area contributed by atoms with Crippen LogP contribution in [0.2, 0.25) is 0 Å². The van der Waals surface area contributed by atoms with Gasteiger partial charge in [0, 0.05) is 30.1 Å². The van der Waals surface area contributed by atoms with E-state index in [0.717, 1.165) is 19.6 Å². The number of nitrogens with two attached hydrogens (primary N) is 1. The van der Waals surface area contributed by atoms with Crippen molar-refractivity contribution < 1.29 is 4.74 Å². The number of ether oxygens (including phenoxy) is 1. The molecule has 120 valence electrons. The van der Waals surface area contributed by atoms with E-state index in [2.05, 4.69) is 46.4 Å². The van der Waals surface area contributed by atoms with Crippen molar-refractivity contribution in [2.45, 2.75) is 84.9 Å². The molecule has 0 saturated heterocycles. The molecule has 3 heteroatoms. The van der Waals surface area contributed by atoms with E-state index in [-0.39, 0.29) is 11.0 Å². The highest BCUT2D eigenvalue weighted by molar-refractivity contribution is 5.15. The zero-order chi connectivity index (χ0) is 15.4. The molecule has 3 unspecified atom stereocenters. The second kappa shape index (κ2) is 7.24. The van der Waals surface area contributed by atoms with Crippen molar-refractivity contribution >= 4 is 0 Å². The van der Waals surface area contributed by atoms with Gasteiger partial charge in [0.15, 0.2) is 0 Å². The molecule has 0 aromatic heterocycles. The molecule has 1 aliphatic rings. The summed E-state index contributed by atoms with van der Waals surface area (Å²) in [6.07, 6.45) is 5.01. The first kappa shape index (κ1) is 17.9. The molecule has 3 atom stereocenters. The van der Waals surface area contributed by atoms with Crippen LogP contribution in [-0.2, 0) is 4.74 Å². The molecule has 2 N–H and O–H groups in total. The van der Waals surface area contributed by atoms with E-state index in [0.29, 0.717) is 12.1 Å². The average molecular weight is 284 g/mol. The van der Waals surface area contributed by atoms with Gasteiger partial charge in [-0.2, -0.15) is 0 Å². The lowest BCUT2D eigenvalue weighted by Crippen LogP contribution is -2.74. The quantitative estimate of drug-likeness (QED) is 0.705. The van der Waals surface area contributed by atoms with Crippen molar-refractivity contribution in [1.82, 2.24) is 4.90 Å². The SMILES string of the molecule is CCCCN(CC1(N)CC(OCC)C1(C)C)C(C)CC. The second-order valence-corrected chi connectivity index (χ2v) is 7.11. The van der Waals surface area contributed by atoms with E-state index in [1.807, 2.05) is 0 Å². The van der Waals surface area contributed by atoms with Crippen molar-refractivity contribution in [1.29, 1.82) is 0 Å². The Morgan fingerprint density at radius 2 is 1.95 bits per heavy atom. The van der Waals surface area contributed by atoms with E-state index >= 15 is 0 Å². The van der Waals surface area contributed by atoms with Crippen LogP contribution in [0.25, 0.3) is 0 Å². The van der Waals surface area contributed by atoms with Gasteiger partial charge in [-0.15, -0.1) is 0 Å². The molecule has 1 aliphatic carbocycles. The molecule has 20 heavy (non-hydrogen) atoms. The summed E-state index contributed by atoms with van der Waals surface area (Å²) in [6, 6.07) is 0.615. The summed E-state index contributed by atoms with van der Waals surface area (Å²) < 4.78 is 5.84. The fourth-order valence-electron chi connectivity index (χ4n) is 3.21. The number of unbranched alkanes of at least 4 members (excludes halogenated alkanes) is 1. The Kier molecular flexibility index (Phi) is 6.49. The van der Waals surface area contributed by atoms with E-state index in [1.54, 1.807) is 0 Å². The summed E-state index contributed by atoms with van der Waals surface area (Å²) in [5, 5.41) is 0. The Morgan fingerprint density at radius 1 is 1.30 bits per heavy atom. The van der Waals surface area contributed by atoms with Gasteiger partial charge in [-0.1, -0.05) is 34.1 Å². The van der Waals surface area contributed by atoms with Gasteiger partial charge in [-0.25, -0.2) is 0 Å². The Labute approximate surface area is 126 Å². The third-order valence-electron chi connectivity index (χ3n) is 5.50. The third kappa shape index (κ3) is 3.55. The van der Waals surface area contributed by atoms with Gasteiger partial charge in [0.05, 0.1) is 6.10 Å². The molecular weight excluding hydrogens is 248 g/mol. The number of hydrogen-bond donors (Lipinski definition) is 1. The van der Waals surface area contributed by atoms with Crippen LogP contribution in [0, 0.1) is 5.41 Å². The van der Waals surface area contributed by atoms with Gasteiger partial charge < -0.3 is 10.5 Å². The molecule has 0 heterocycles. The molecule has 0 aliphatic heterocycles. The summed E-state index contributed by atoms with van der Waals surface area (Å²) in [7, 11) is 0. The molecule has 0 bridgehead atoms. The zero-order valence-electron chi connectivity index (χ0n) is 14.5. The molecule has 1 fully saturated rings. The van der Waals surface area contributed by atoms with Gasteiger partial charge >= 0.3 is 0 Å². The molecule has 0 radical (unpaired) electrons. The van der Waals surface area contributed by atoms with Crippen molar-refractivity contribution in [3.63, 3.8) is 0 Å². The highest BCUT2D eigenvalue weighted by atomic mass is 16.5. The lowest BCUT2D eigenvalue weighted by molar-refractivity contribution is -0.158. The summed E-state index contributed by atoms with van der Waals surface area (Å²) in [5.41, 5.74) is 6.71. The minimum Gasteiger partial charge on any atom is -0.378 e. The molecule has 1 saturated carbocycles. The maximum absolute atomic E-state index is 6.74. The molecular formula is C17H36N2O. The molecule has 0 aromatic rings. The van der Waals surface area contributed by atoms with E-state index in [1.165, 1.54) is 25.8 Å². The lowest BCUT2D eigenvalue weighted by Gasteiger charge is -2.60. The average Bonchev–Trinajstić information content (AvgIpc) is 2.42. The van der Waals surface area contributed by atoms with Crippen molar-refractivity contribution in [3.05, 3.63) is 0 Å². The van der Waals surface area contributed by atoms with Gasteiger partial charge in [0.1, 0.15) is 0 Å². The zero-order valence-corrected chi connectivity index (χ0v) is 14.5. The van der Waals surface area contributed by atoms with Crippen LogP contribution in [-0.4, -0.2) is 42.3 Å². The van der Waals surface area contributed by atoms with Crippen LogP contribution in [0.3, 0.4) is 0 Å². The Balaban J connectivity index is 2.68. The minimum absolute atomic E-state index is 0.0704. The maximum Gasteiger partial charge on any atom is 0.0662 e. The molecule has 1 rings (SSSR count). The largest absolute Gasteiger partial charge is 0.378 e. The first-order valence-electron chi connectivity index (χ1n) is 8.46. The minimum atomic E-state index is -0.107. The fourth-order valence-corrected chi connectivity index (χ4v) is 3.21. The van der Waals surface area contributed by atoms with Crippen LogP contribution >= 0.6 is 0 Å². The monoisotopic (exact) mass is 284 g/mol. The van der Waals surface area contributed by atoms with Crippen LogP contribution in [0.5, 0.6) is 0 Å². The topological polar surface area (TPSA) is 38.5 Å². The van der Waals surface area contributed by atoms with Crippen molar-refractivity contribution in [3.8, 4) is 0 Å². The van der Waals surface area contributed by atoms with E-state index in [9.17, 15) is 0 Å². The smallest absolute Gasteiger partial charge is 0.0662 e. The fraction of sp³-hybridized carbons (Fsp3) is 1.00. The van der Waals surface area contributed by atoms with E-state index in [4.69, 9.17) is 10.5 Å². The normalized spacial score (nSPS) is 30.3. The first-order chi connectivity index (χ1) is 9.32. The molecule has 0 amide bonds. The Morgan fingerprint density at radius 3 is 2.40 bits per heavy atom. The van der Waals surface area contributed by atoms with Gasteiger partial charge in [0.25, 0.3) is 0 Å². The van der Waals surface area contributed by atoms with Crippen LogP contribution < -0.4 is 5.73 Å². The Hall–Kier alpha value is -0.120. The van der Waals surface area contributed by atoms with Crippen LogP contribution in [0.15, 0.2) is 0 Å². The lowest BCUT2D eigenvalue weighted by atomic mass is 9.54. The van der Waals surface area contributed by atoms with Gasteiger partial charge in [0.2, 0.25) is 0 Å². The molecule has 0 spiro atoms. The van der Waals surface area contributed by atoms with Crippen LogP contribution in [0.1, 0.15) is 67.2 Å². The summed E-state index contributed by atoms with van der Waals surface area (Å²) >= 11 is 0. The Bertz CT molecular complexity index is 293. The molecule has 0 aromatic carbocycles. The summed E-state index contributed by atoms with van der Waals surface area (Å²) in [6.45, 7) is 16.4. The van der Waals surface area contributed by atoms with Gasteiger partial charge in [-0.05, 0) is 39.7 Å².